The third-order valence-corrected chi connectivity index (χ3v) is 15.8. The third kappa shape index (κ3) is 21.3. The van der Waals surface area contributed by atoms with Crippen molar-refractivity contribution in [1.29, 1.82) is 0 Å². The maximum atomic E-state index is 12.9. The normalized spacial score (nSPS) is 10.7. The fourth-order valence-corrected chi connectivity index (χ4v) is 10.5. The summed E-state index contributed by atoms with van der Waals surface area (Å²) < 4.78 is 41.3. The van der Waals surface area contributed by atoms with Gasteiger partial charge in [0.15, 0.2) is 0 Å². The van der Waals surface area contributed by atoms with Crippen LogP contribution < -0.4 is 9.80 Å². The van der Waals surface area contributed by atoms with Gasteiger partial charge in [-0.15, -0.1) is 0 Å². The Morgan fingerprint density at radius 1 is 0.302 bits per heavy atom. The Hall–Kier alpha value is -10.4. The summed E-state index contributed by atoms with van der Waals surface area (Å²) in [6, 6.07) is 37.1. The van der Waals surface area contributed by atoms with Crippen LogP contribution in [0.3, 0.4) is 0 Å². The molecule has 0 aliphatic heterocycles. The summed E-state index contributed by atoms with van der Waals surface area (Å²) in [4.78, 5) is 104. The Labute approximate surface area is 563 Å². The van der Waals surface area contributed by atoms with E-state index in [-0.39, 0.29) is 101 Å². The van der Waals surface area contributed by atoms with E-state index in [9.17, 15) is 38.4 Å². The molecule has 6 aromatic carbocycles. The van der Waals surface area contributed by atoms with Gasteiger partial charge < -0.3 is 47.7 Å². The van der Waals surface area contributed by atoms with Gasteiger partial charge in [0.1, 0.15) is 26.4 Å². The van der Waals surface area contributed by atoms with Crippen LogP contribution >= 0.6 is 0 Å². The van der Waals surface area contributed by atoms with Crippen molar-refractivity contribution in [2.75, 3.05) is 62.7 Å². The number of rotatable bonds is 35. The van der Waals surface area contributed by atoms with E-state index >= 15 is 0 Å². The highest BCUT2D eigenvalue weighted by Gasteiger charge is 2.23. The van der Waals surface area contributed by atoms with Crippen molar-refractivity contribution < 1.29 is 76.3 Å². The van der Waals surface area contributed by atoms with Crippen LogP contribution in [0, 0.1) is 41.5 Å². The number of ether oxygens (including phenoxy) is 8. The molecule has 18 nitrogen and oxygen atoms in total. The zero-order valence-electron chi connectivity index (χ0n) is 57.0. The van der Waals surface area contributed by atoms with Crippen molar-refractivity contribution >= 4 is 81.9 Å². The molecule has 0 aliphatic rings. The van der Waals surface area contributed by atoms with Crippen molar-refractivity contribution in [3.63, 3.8) is 0 Å². The summed E-state index contributed by atoms with van der Waals surface area (Å²) in [6.07, 6.45) is 1.89. The molecule has 0 aromatic heterocycles. The average Bonchev–Trinajstić information content (AvgIpc) is 0.802. The highest BCUT2D eigenvalue weighted by Crippen LogP contribution is 2.43. The van der Waals surface area contributed by atoms with Crippen molar-refractivity contribution in [2.24, 2.45) is 0 Å². The van der Waals surface area contributed by atoms with Gasteiger partial charge in [-0.3, -0.25) is 19.2 Å². The number of aryl methyl sites for hydroxylation is 10. The molecule has 506 valence electrons. The molecule has 0 saturated carbocycles. The summed E-state index contributed by atoms with van der Waals surface area (Å²) in [5.41, 5.74) is 16.9. The zero-order chi connectivity index (χ0) is 70.2. The van der Waals surface area contributed by atoms with Crippen LogP contribution in [0.4, 0.5) is 34.1 Å². The van der Waals surface area contributed by atoms with Crippen LogP contribution in [0.15, 0.2) is 158 Å². The molecule has 0 unspecified atom stereocenters. The van der Waals surface area contributed by atoms with E-state index in [1.54, 1.807) is 27.7 Å². The first-order valence-electron chi connectivity index (χ1n) is 32.1. The van der Waals surface area contributed by atoms with Crippen molar-refractivity contribution in [3.8, 4) is 11.1 Å². The van der Waals surface area contributed by atoms with Gasteiger partial charge in [0.2, 0.25) is 0 Å². The van der Waals surface area contributed by atoms with E-state index in [0.29, 0.717) is 25.7 Å². The lowest BCUT2D eigenvalue weighted by Gasteiger charge is -2.29. The lowest BCUT2D eigenvalue weighted by Crippen LogP contribution is -2.15. The van der Waals surface area contributed by atoms with Gasteiger partial charge in [-0.05, 0) is 234 Å². The zero-order valence-corrected chi connectivity index (χ0v) is 57.0. The molecule has 0 heterocycles. The Morgan fingerprint density at radius 3 is 0.729 bits per heavy atom. The number of hydrogen-bond acceptors (Lipinski definition) is 18. The van der Waals surface area contributed by atoms with Gasteiger partial charge >= 0.3 is 47.8 Å². The largest absolute Gasteiger partial charge is 0.463 e. The quantitative estimate of drug-likeness (QED) is 0.0205. The second kappa shape index (κ2) is 36.3. The van der Waals surface area contributed by atoms with Crippen LogP contribution in [0.25, 0.3) is 11.1 Å². The van der Waals surface area contributed by atoms with Crippen molar-refractivity contribution in [2.45, 2.75) is 121 Å². The number of nitrogens with zero attached hydrogens (tertiary/aromatic N) is 2. The average molecular weight is 1310 g/mol. The summed E-state index contributed by atoms with van der Waals surface area (Å²) in [6.45, 7) is 33.3. The molecule has 0 saturated heterocycles. The molecule has 6 aromatic rings. The molecule has 18 heteroatoms. The Morgan fingerprint density at radius 2 is 0.531 bits per heavy atom. The molecule has 0 atom stereocenters. The molecular weight excluding hydrogens is 1220 g/mol. The SMILES string of the molecule is C=C(COC(=O)CCc1ccc(N(c2ccc(CCC(=O)OCC(=C)C(=O)OCC)c(C)c2)c2ccc(-c3ccc(N(c4ccc(CCC(=O)OCC(=C)C(=O)OCC)c(C)c4)c4ccc(CCC(=O)OCC(=C)C(=O)OCC)c(C)c4)c(C)c3)cc2C)cc1C)C(=O)OCC. The summed E-state index contributed by atoms with van der Waals surface area (Å²) in [5.74, 6) is -4.35. The fourth-order valence-electron chi connectivity index (χ4n) is 10.5. The Balaban J connectivity index is 1.32. The molecule has 0 aliphatic carbocycles. The molecule has 0 N–H and O–H groups in total. The van der Waals surface area contributed by atoms with E-state index in [1.807, 2.05) is 76.2 Å². The molecule has 0 amide bonds. The molecule has 96 heavy (non-hydrogen) atoms. The van der Waals surface area contributed by atoms with Gasteiger partial charge in [-0.1, -0.05) is 62.7 Å². The van der Waals surface area contributed by atoms with Crippen molar-refractivity contribution in [3.05, 3.63) is 213 Å². The predicted molar refractivity (Wildman–Crippen MR) is 370 cm³/mol. The van der Waals surface area contributed by atoms with E-state index < -0.39 is 47.8 Å². The maximum absolute atomic E-state index is 12.9. The monoisotopic (exact) mass is 1310 g/mol. The molecular formula is C78H88N2O16. The summed E-state index contributed by atoms with van der Waals surface area (Å²) in [5, 5.41) is 0. The van der Waals surface area contributed by atoms with Gasteiger partial charge in [0.25, 0.3) is 0 Å². The maximum Gasteiger partial charge on any atom is 0.336 e. The molecule has 0 fully saturated rings. The fraction of sp³-hybridized carbons (Fsp3) is 0.333. The van der Waals surface area contributed by atoms with E-state index in [1.165, 1.54) is 0 Å². The first kappa shape index (κ1) is 74.7. The van der Waals surface area contributed by atoms with E-state index in [4.69, 9.17) is 37.9 Å². The third-order valence-electron chi connectivity index (χ3n) is 15.8. The standard InChI is InChI=1S/C78H88N2O16/c1-15-89-75(85)55(11)45-93-71(81)35-25-59-19-29-65(41-49(59)5)79(66-30-20-60(50(6)42-66)26-36-72(82)94-46-56(12)76(86)90-16-2)69-33-23-63(39-53(69)9)64-24-34-70(54(10)40-64)80(67-31-21-61(51(7)43-67)27-37-73(83)95-47-57(13)77(87)91-17-3)68-32-22-62(52(8)44-68)28-38-74(84)96-48-58(14)78(88)92-18-4/h19-24,29-34,39-44H,11-18,25-28,35-38,45-48H2,1-10H3. The van der Waals surface area contributed by atoms with Crippen LogP contribution in [0.2, 0.25) is 0 Å². The molecule has 0 spiro atoms. The molecule has 6 rings (SSSR count). The van der Waals surface area contributed by atoms with Gasteiger partial charge in [-0.25, -0.2) is 19.2 Å². The minimum atomic E-state index is -0.613. The Bertz CT molecular complexity index is 3460. The van der Waals surface area contributed by atoms with Crippen LogP contribution in [0.1, 0.15) is 109 Å². The number of hydrogen-bond donors (Lipinski definition) is 0. The molecule has 0 radical (unpaired) electrons. The highest BCUT2D eigenvalue weighted by atomic mass is 16.6. The second-order valence-electron chi connectivity index (χ2n) is 23.1. The number of anilines is 6. The predicted octanol–water partition coefficient (Wildman–Crippen LogP) is 14.5. The lowest BCUT2D eigenvalue weighted by molar-refractivity contribution is -0.146. The van der Waals surface area contributed by atoms with Crippen LogP contribution in [-0.2, 0) is 102 Å². The minimum Gasteiger partial charge on any atom is -0.463 e. The number of esters is 8. The molecule has 0 bridgehead atoms. The smallest absolute Gasteiger partial charge is 0.336 e. The van der Waals surface area contributed by atoms with E-state index in [2.05, 4.69) is 111 Å². The van der Waals surface area contributed by atoms with Crippen LogP contribution in [0.5, 0.6) is 0 Å². The first-order valence-corrected chi connectivity index (χ1v) is 32.1. The lowest BCUT2D eigenvalue weighted by atomic mass is 9.97. The summed E-state index contributed by atoms with van der Waals surface area (Å²) >= 11 is 0. The topological polar surface area (TPSA) is 217 Å². The van der Waals surface area contributed by atoms with Crippen molar-refractivity contribution in [1.82, 2.24) is 0 Å². The van der Waals surface area contributed by atoms with E-state index in [0.717, 1.165) is 101 Å². The minimum absolute atomic E-state index is 0.0566. The number of benzene rings is 6. The first-order chi connectivity index (χ1) is 45.9. The summed E-state index contributed by atoms with van der Waals surface area (Å²) in [7, 11) is 0. The van der Waals surface area contributed by atoms with Gasteiger partial charge in [-0.2, -0.15) is 0 Å². The number of carbonyl (C=O) groups is 8. The van der Waals surface area contributed by atoms with Gasteiger partial charge in [0, 0.05) is 59.8 Å². The second-order valence-corrected chi connectivity index (χ2v) is 23.1. The van der Waals surface area contributed by atoms with Gasteiger partial charge in [0.05, 0.1) is 48.7 Å². The Kier molecular flexibility index (Phi) is 28.3. The highest BCUT2D eigenvalue weighted by molar-refractivity contribution is 5.91. The van der Waals surface area contributed by atoms with Crippen LogP contribution in [-0.4, -0.2) is 101 Å². The number of carbonyl (C=O) groups excluding carboxylic acids is 8.